The third-order valence-electron chi connectivity index (χ3n) is 4.45. The van der Waals surface area contributed by atoms with Crippen molar-refractivity contribution in [3.8, 4) is 5.75 Å². The predicted molar refractivity (Wildman–Crippen MR) is 111 cm³/mol. The minimum atomic E-state index is 0.266. The molecule has 0 saturated heterocycles. The average molecular weight is 382 g/mol. The number of ether oxygens (including phenoxy) is 1. The molecule has 2 heterocycles. The summed E-state index contributed by atoms with van der Waals surface area (Å²) >= 11 is 0. The Morgan fingerprint density at radius 1 is 1.39 bits per heavy atom. The van der Waals surface area contributed by atoms with E-state index in [0.717, 1.165) is 35.7 Å². The van der Waals surface area contributed by atoms with Crippen LogP contribution >= 0.6 is 0 Å². The molecule has 0 radical (unpaired) electrons. The molecule has 1 aliphatic rings. The number of aromatic nitrogens is 1. The van der Waals surface area contributed by atoms with Crippen LogP contribution in [0.4, 0.5) is 5.69 Å². The molecule has 2 aromatic rings. The number of fused-ring (bicyclic) bond motifs is 1. The summed E-state index contributed by atoms with van der Waals surface area (Å²) in [5.74, 6) is 2.46. The Kier molecular flexibility index (Phi) is 5.79. The number of para-hydroxylation sites is 1. The van der Waals surface area contributed by atoms with Gasteiger partial charge in [0.25, 0.3) is 0 Å². The highest BCUT2D eigenvalue weighted by Crippen LogP contribution is 2.39. The zero-order valence-corrected chi connectivity index (χ0v) is 16.7. The molecular weight excluding hydrogens is 356 g/mol. The number of aliphatic imine (C=N–C) groups is 1. The molecule has 8 heteroatoms. The molecule has 28 heavy (non-hydrogen) atoms. The first-order chi connectivity index (χ1) is 13.4. The molecule has 1 aliphatic heterocycles. The number of oxazole rings is 1. The SMILES string of the molecule is C=C1c2cccc(OC)c2N=C(N)N1/N=C(\C)CCNCc1oc(C)nc1C. The van der Waals surface area contributed by atoms with Crippen LogP contribution in [0.1, 0.15) is 36.3 Å². The van der Waals surface area contributed by atoms with Crippen molar-refractivity contribution in [2.45, 2.75) is 33.7 Å². The lowest BCUT2D eigenvalue weighted by atomic mass is 10.1. The summed E-state index contributed by atoms with van der Waals surface area (Å²) in [7, 11) is 1.60. The quantitative estimate of drug-likeness (QED) is 0.564. The molecule has 148 valence electrons. The van der Waals surface area contributed by atoms with E-state index in [9.17, 15) is 0 Å². The maximum atomic E-state index is 6.12. The van der Waals surface area contributed by atoms with Gasteiger partial charge in [-0.1, -0.05) is 18.7 Å². The number of hydrogen-bond donors (Lipinski definition) is 2. The van der Waals surface area contributed by atoms with E-state index in [1.807, 2.05) is 39.0 Å². The molecule has 0 bridgehead atoms. The van der Waals surface area contributed by atoms with Crippen molar-refractivity contribution in [1.29, 1.82) is 0 Å². The van der Waals surface area contributed by atoms with Crippen molar-refractivity contribution in [2.24, 2.45) is 15.8 Å². The minimum absolute atomic E-state index is 0.266. The second-order valence-corrected chi connectivity index (χ2v) is 6.59. The molecule has 3 rings (SSSR count). The van der Waals surface area contributed by atoms with E-state index in [-0.39, 0.29) is 5.96 Å². The van der Waals surface area contributed by atoms with Crippen molar-refractivity contribution < 1.29 is 9.15 Å². The van der Waals surface area contributed by atoms with Gasteiger partial charge < -0.3 is 20.2 Å². The molecule has 1 aromatic heterocycles. The van der Waals surface area contributed by atoms with Crippen molar-refractivity contribution in [1.82, 2.24) is 15.3 Å². The number of hydrazone groups is 1. The Morgan fingerprint density at radius 2 is 2.18 bits per heavy atom. The molecular formula is C20H26N6O2. The van der Waals surface area contributed by atoms with E-state index in [1.165, 1.54) is 0 Å². The van der Waals surface area contributed by atoms with E-state index in [1.54, 1.807) is 12.1 Å². The highest BCUT2D eigenvalue weighted by Gasteiger charge is 2.24. The smallest absolute Gasteiger partial charge is 0.222 e. The van der Waals surface area contributed by atoms with E-state index in [2.05, 4.69) is 27.0 Å². The topological polar surface area (TPSA) is 101 Å². The molecule has 0 amide bonds. The normalized spacial score (nSPS) is 14.1. The molecule has 3 N–H and O–H groups in total. The molecule has 0 saturated carbocycles. The number of rotatable bonds is 7. The third-order valence-corrected chi connectivity index (χ3v) is 4.45. The molecule has 0 aliphatic carbocycles. The van der Waals surface area contributed by atoms with Gasteiger partial charge in [-0.3, -0.25) is 0 Å². The van der Waals surface area contributed by atoms with Crippen LogP contribution in [0.3, 0.4) is 0 Å². The van der Waals surface area contributed by atoms with Crippen LogP contribution in [0.15, 0.2) is 39.3 Å². The van der Waals surface area contributed by atoms with Crippen LogP contribution in [0.2, 0.25) is 0 Å². The summed E-state index contributed by atoms with van der Waals surface area (Å²) < 4.78 is 10.9. The summed E-state index contributed by atoms with van der Waals surface area (Å²) in [5, 5.41) is 9.51. The van der Waals surface area contributed by atoms with Crippen molar-refractivity contribution in [2.75, 3.05) is 13.7 Å². The molecule has 1 aromatic carbocycles. The van der Waals surface area contributed by atoms with Crippen LogP contribution in [-0.2, 0) is 6.54 Å². The fraction of sp³-hybridized carbons (Fsp3) is 0.350. The Balaban J connectivity index is 1.63. The number of methoxy groups -OCH3 is 1. The van der Waals surface area contributed by atoms with Crippen LogP contribution in [0.5, 0.6) is 5.75 Å². The number of benzene rings is 1. The standard InChI is InChI=1S/C20H26N6O2/c1-12(9-10-22-11-18-13(2)23-15(4)28-18)25-26-14(3)16-7-6-8-17(27-5)19(16)24-20(26)21/h6-8,22H,3,9-11H2,1-2,4-5H3,(H2,21,24)/b25-12+. The maximum Gasteiger partial charge on any atom is 0.222 e. The molecule has 0 unspecified atom stereocenters. The monoisotopic (exact) mass is 382 g/mol. The summed E-state index contributed by atoms with van der Waals surface area (Å²) in [6.07, 6.45) is 0.744. The first-order valence-electron chi connectivity index (χ1n) is 9.09. The number of nitrogens with one attached hydrogen (secondary N) is 1. The van der Waals surface area contributed by atoms with E-state index in [4.69, 9.17) is 14.9 Å². The highest BCUT2D eigenvalue weighted by atomic mass is 16.5. The third kappa shape index (κ3) is 4.07. The van der Waals surface area contributed by atoms with E-state index >= 15 is 0 Å². The van der Waals surface area contributed by atoms with E-state index < -0.39 is 0 Å². The Morgan fingerprint density at radius 3 is 2.86 bits per heavy atom. The van der Waals surface area contributed by atoms with Crippen LogP contribution in [0.25, 0.3) is 5.70 Å². The summed E-state index contributed by atoms with van der Waals surface area (Å²) in [6, 6.07) is 5.67. The number of aryl methyl sites for hydroxylation is 2. The maximum absolute atomic E-state index is 6.12. The fourth-order valence-electron chi connectivity index (χ4n) is 2.99. The van der Waals surface area contributed by atoms with Crippen molar-refractivity contribution in [3.63, 3.8) is 0 Å². The average Bonchev–Trinajstić information content (AvgIpc) is 2.99. The summed E-state index contributed by atoms with van der Waals surface area (Å²) in [4.78, 5) is 8.71. The Labute approximate surface area is 164 Å². The zero-order valence-electron chi connectivity index (χ0n) is 16.7. The van der Waals surface area contributed by atoms with Gasteiger partial charge in [-0.05, 0) is 26.3 Å². The number of guanidine groups is 1. The van der Waals surface area contributed by atoms with Gasteiger partial charge >= 0.3 is 0 Å². The number of nitrogens with two attached hydrogens (primary N) is 1. The van der Waals surface area contributed by atoms with Crippen molar-refractivity contribution in [3.05, 3.63) is 47.7 Å². The lowest BCUT2D eigenvalue weighted by Crippen LogP contribution is -2.34. The largest absolute Gasteiger partial charge is 0.494 e. The van der Waals surface area contributed by atoms with Gasteiger partial charge in [0, 0.05) is 24.7 Å². The van der Waals surface area contributed by atoms with Crippen LogP contribution in [0, 0.1) is 13.8 Å². The van der Waals surface area contributed by atoms with Gasteiger partial charge in [0.2, 0.25) is 5.96 Å². The summed E-state index contributed by atoms with van der Waals surface area (Å²) in [5.41, 5.74) is 10.1. The second-order valence-electron chi connectivity index (χ2n) is 6.59. The first-order valence-corrected chi connectivity index (χ1v) is 9.09. The Bertz CT molecular complexity index is 944. The molecule has 8 nitrogen and oxygen atoms in total. The van der Waals surface area contributed by atoms with Crippen molar-refractivity contribution >= 4 is 23.1 Å². The van der Waals surface area contributed by atoms with Gasteiger partial charge in [-0.25, -0.2) is 15.0 Å². The van der Waals surface area contributed by atoms with Gasteiger partial charge in [0.15, 0.2) is 5.89 Å². The fourth-order valence-corrected chi connectivity index (χ4v) is 2.99. The first kappa shape index (κ1) is 19.6. The summed E-state index contributed by atoms with van der Waals surface area (Å²) in [6.45, 7) is 11.2. The number of nitrogens with zero attached hydrogens (tertiary/aromatic N) is 4. The lowest BCUT2D eigenvalue weighted by molar-refractivity contribution is 0.415. The van der Waals surface area contributed by atoms with E-state index in [0.29, 0.717) is 29.6 Å². The minimum Gasteiger partial charge on any atom is -0.494 e. The zero-order chi connectivity index (χ0) is 20.3. The van der Waals surface area contributed by atoms with Gasteiger partial charge in [0.1, 0.15) is 17.2 Å². The molecule has 0 spiro atoms. The highest BCUT2D eigenvalue weighted by molar-refractivity contribution is 5.98. The lowest BCUT2D eigenvalue weighted by Gasteiger charge is -2.27. The van der Waals surface area contributed by atoms with Crippen LogP contribution < -0.4 is 15.8 Å². The van der Waals surface area contributed by atoms with Gasteiger partial charge in [-0.15, -0.1) is 0 Å². The molecule has 0 fully saturated rings. The number of hydrogen-bond acceptors (Lipinski definition) is 8. The Hall–Kier alpha value is -3.13. The molecule has 0 atom stereocenters. The van der Waals surface area contributed by atoms with Crippen LogP contribution in [-0.4, -0.2) is 35.3 Å². The predicted octanol–water partition coefficient (Wildman–Crippen LogP) is 3.09. The second kappa shape index (κ2) is 8.26. The van der Waals surface area contributed by atoms with Gasteiger partial charge in [0.05, 0.1) is 25.0 Å². The van der Waals surface area contributed by atoms with Gasteiger partial charge in [-0.2, -0.15) is 5.10 Å².